The van der Waals surface area contributed by atoms with Crippen molar-refractivity contribution in [2.24, 2.45) is 23.7 Å². The molecule has 0 amide bonds. The van der Waals surface area contributed by atoms with E-state index in [9.17, 15) is 4.79 Å². The highest BCUT2D eigenvalue weighted by molar-refractivity contribution is 5.83. The highest BCUT2D eigenvalue weighted by atomic mass is 16.1. The average Bonchev–Trinajstić information content (AvgIpc) is 2.28. The lowest BCUT2D eigenvalue weighted by Gasteiger charge is -2.31. The van der Waals surface area contributed by atoms with Gasteiger partial charge in [0.1, 0.15) is 5.78 Å². The quantitative estimate of drug-likeness (QED) is 0.674. The molecule has 1 nitrogen and oxygen atoms in total. The number of carbonyl (C=O) groups is 1. The highest BCUT2D eigenvalue weighted by Gasteiger charge is 2.29. The topological polar surface area (TPSA) is 17.1 Å². The lowest BCUT2D eigenvalue weighted by molar-refractivity contribution is -0.127. The highest BCUT2D eigenvalue weighted by Crippen LogP contribution is 2.35. The van der Waals surface area contributed by atoms with Crippen molar-refractivity contribution in [1.29, 1.82) is 0 Å². The molecule has 94 valence electrons. The lowest BCUT2D eigenvalue weighted by Crippen LogP contribution is -2.27. The summed E-state index contributed by atoms with van der Waals surface area (Å²) in [6.45, 7) is 8.90. The number of hydrogen-bond donors (Lipinski definition) is 0. The molecule has 1 saturated carbocycles. The Morgan fingerprint density at radius 3 is 2.12 bits per heavy atom. The van der Waals surface area contributed by atoms with Gasteiger partial charge >= 0.3 is 0 Å². The first-order valence-electron chi connectivity index (χ1n) is 7.10. The van der Waals surface area contributed by atoms with Crippen LogP contribution in [0.15, 0.2) is 0 Å². The number of Topliss-reactive ketones (excluding diaryl/α,β-unsaturated/α-hetero) is 1. The van der Waals surface area contributed by atoms with Gasteiger partial charge in [0.15, 0.2) is 0 Å². The third-order valence-corrected chi connectivity index (χ3v) is 4.32. The van der Waals surface area contributed by atoms with Gasteiger partial charge in [-0.3, -0.25) is 4.79 Å². The zero-order valence-corrected chi connectivity index (χ0v) is 11.5. The minimum atomic E-state index is 0.297. The molecule has 0 N–H and O–H groups in total. The second-order valence-electron chi connectivity index (χ2n) is 5.95. The van der Waals surface area contributed by atoms with Crippen LogP contribution in [0.25, 0.3) is 0 Å². The van der Waals surface area contributed by atoms with Crippen LogP contribution in [-0.2, 0) is 4.79 Å². The predicted molar refractivity (Wildman–Crippen MR) is 69.4 cm³/mol. The largest absolute Gasteiger partial charge is 0.299 e. The van der Waals surface area contributed by atoms with Crippen molar-refractivity contribution in [3.05, 3.63) is 0 Å². The molecule has 0 radical (unpaired) electrons. The maximum Gasteiger partial charge on any atom is 0.138 e. The smallest absolute Gasteiger partial charge is 0.138 e. The Labute approximate surface area is 101 Å². The first-order valence-corrected chi connectivity index (χ1v) is 7.10. The number of hydrogen-bond acceptors (Lipinski definition) is 1. The van der Waals surface area contributed by atoms with E-state index in [1.54, 1.807) is 0 Å². The summed E-state index contributed by atoms with van der Waals surface area (Å²) in [5.74, 6) is 2.89. The normalized spacial score (nSPS) is 28.1. The maximum absolute atomic E-state index is 12.2. The molecule has 0 spiro atoms. The third kappa shape index (κ3) is 3.61. The Kier molecular flexibility index (Phi) is 5.51. The van der Waals surface area contributed by atoms with E-state index in [1.165, 1.54) is 12.8 Å². The molecule has 1 fully saturated rings. The summed E-state index contributed by atoms with van der Waals surface area (Å²) in [4.78, 5) is 12.2. The van der Waals surface area contributed by atoms with Crippen LogP contribution in [0.2, 0.25) is 0 Å². The summed E-state index contributed by atoms with van der Waals surface area (Å²) in [5.41, 5.74) is 0. The molecule has 1 unspecified atom stereocenters. The standard InChI is InChI=1S/C15H28O/c1-5-6-12(4)15(16)14-9-7-13(8-10-14)11(2)3/h11-14H,5-10H2,1-4H3. The summed E-state index contributed by atoms with van der Waals surface area (Å²) in [6.07, 6.45) is 7.04. The van der Waals surface area contributed by atoms with E-state index in [1.807, 2.05) is 0 Å². The van der Waals surface area contributed by atoms with Gasteiger partial charge in [0, 0.05) is 11.8 Å². The zero-order chi connectivity index (χ0) is 12.1. The summed E-state index contributed by atoms with van der Waals surface area (Å²) in [6, 6.07) is 0. The minimum absolute atomic E-state index is 0.297. The first kappa shape index (κ1) is 13.7. The van der Waals surface area contributed by atoms with Gasteiger partial charge in [-0.05, 0) is 43.9 Å². The van der Waals surface area contributed by atoms with Crippen LogP contribution >= 0.6 is 0 Å². The average molecular weight is 224 g/mol. The number of rotatable bonds is 5. The molecule has 0 heterocycles. The molecule has 0 aromatic heterocycles. The maximum atomic E-state index is 12.2. The van der Waals surface area contributed by atoms with Gasteiger partial charge in [-0.1, -0.05) is 34.1 Å². The van der Waals surface area contributed by atoms with Crippen LogP contribution in [-0.4, -0.2) is 5.78 Å². The van der Waals surface area contributed by atoms with E-state index in [-0.39, 0.29) is 0 Å². The van der Waals surface area contributed by atoms with Crippen LogP contribution < -0.4 is 0 Å². The third-order valence-electron chi connectivity index (χ3n) is 4.32. The summed E-state index contributed by atoms with van der Waals surface area (Å²) >= 11 is 0. The summed E-state index contributed by atoms with van der Waals surface area (Å²) in [7, 11) is 0. The van der Waals surface area contributed by atoms with Crippen molar-refractivity contribution in [3.63, 3.8) is 0 Å². The Morgan fingerprint density at radius 2 is 1.69 bits per heavy atom. The molecule has 1 heteroatoms. The van der Waals surface area contributed by atoms with Crippen LogP contribution in [0.1, 0.15) is 66.2 Å². The molecule has 1 aliphatic rings. The van der Waals surface area contributed by atoms with Crippen molar-refractivity contribution in [1.82, 2.24) is 0 Å². The fourth-order valence-electron chi connectivity index (χ4n) is 3.05. The van der Waals surface area contributed by atoms with E-state index in [4.69, 9.17) is 0 Å². The summed E-state index contributed by atoms with van der Waals surface area (Å²) < 4.78 is 0. The molecule has 1 atom stereocenters. The summed E-state index contributed by atoms with van der Waals surface area (Å²) in [5, 5.41) is 0. The number of ketones is 1. The van der Waals surface area contributed by atoms with Gasteiger partial charge in [-0.15, -0.1) is 0 Å². The van der Waals surface area contributed by atoms with Crippen molar-refractivity contribution >= 4 is 5.78 Å². The van der Waals surface area contributed by atoms with Crippen LogP contribution in [0.4, 0.5) is 0 Å². The predicted octanol–water partition coefficient (Wildman–Crippen LogP) is 4.45. The van der Waals surface area contributed by atoms with Gasteiger partial charge in [0.25, 0.3) is 0 Å². The van der Waals surface area contributed by atoms with Gasteiger partial charge in [-0.2, -0.15) is 0 Å². The molecular formula is C15H28O. The fraction of sp³-hybridized carbons (Fsp3) is 0.933. The monoisotopic (exact) mass is 224 g/mol. The molecule has 1 rings (SSSR count). The second-order valence-corrected chi connectivity index (χ2v) is 5.95. The lowest BCUT2D eigenvalue weighted by atomic mass is 9.73. The number of carbonyl (C=O) groups excluding carboxylic acids is 1. The fourth-order valence-corrected chi connectivity index (χ4v) is 3.05. The van der Waals surface area contributed by atoms with Gasteiger partial charge in [0.2, 0.25) is 0 Å². The van der Waals surface area contributed by atoms with Crippen LogP contribution in [0.5, 0.6) is 0 Å². The SMILES string of the molecule is CCCC(C)C(=O)C1CCC(C(C)C)CC1. The van der Waals surface area contributed by atoms with Gasteiger partial charge in [0.05, 0.1) is 0 Å². The van der Waals surface area contributed by atoms with Crippen molar-refractivity contribution in [2.75, 3.05) is 0 Å². The first-order chi connectivity index (χ1) is 7.56. The molecule has 0 saturated heterocycles. The van der Waals surface area contributed by atoms with Crippen molar-refractivity contribution in [2.45, 2.75) is 66.2 Å². The Bertz CT molecular complexity index is 211. The molecular weight excluding hydrogens is 196 g/mol. The van der Waals surface area contributed by atoms with E-state index in [0.717, 1.165) is 37.5 Å². The van der Waals surface area contributed by atoms with E-state index in [2.05, 4.69) is 27.7 Å². The van der Waals surface area contributed by atoms with Crippen LogP contribution in [0, 0.1) is 23.7 Å². The Hall–Kier alpha value is -0.330. The molecule has 0 aliphatic heterocycles. The molecule has 0 aromatic rings. The molecule has 16 heavy (non-hydrogen) atoms. The Morgan fingerprint density at radius 1 is 1.12 bits per heavy atom. The molecule has 0 bridgehead atoms. The van der Waals surface area contributed by atoms with E-state index < -0.39 is 0 Å². The van der Waals surface area contributed by atoms with Gasteiger partial charge < -0.3 is 0 Å². The van der Waals surface area contributed by atoms with Crippen molar-refractivity contribution < 1.29 is 4.79 Å². The minimum Gasteiger partial charge on any atom is -0.299 e. The molecule has 0 aromatic carbocycles. The second kappa shape index (κ2) is 6.42. The van der Waals surface area contributed by atoms with Crippen LogP contribution in [0.3, 0.4) is 0 Å². The van der Waals surface area contributed by atoms with E-state index in [0.29, 0.717) is 17.6 Å². The van der Waals surface area contributed by atoms with Gasteiger partial charge in [-0.25, -0.2) is 0 Å². The molecule has 1 aliphatic carbocycles. The van der Waals surface area contributed by atoms with Crippen molar-refractivity contribution in [3.8, 4) is 0 Å². The van der Waals surface area contributed by atoms with E-state index >= 15 is 0 Å². The Balaban J connectivity index is 2.38. The zero-order valence-electron chi connectivity index (χ0n) is 11.5.